The summed E-state index contributed by atoms with van der Waals surface area (Å²) in [6, 6.07) is 0. The smallest absolute Gasteiger partial charge is 0.256 e. The zero-order valence-corrected chi connectivity index (χ0v) is 15.2. The molecular weight excluding hydrogens is 300 g/mol. The van der Waals surface area contributed by atoms with Gasteiger partial charge in [0.05, 0.1) is 5.69 Å². The highest BCUT2D eigenvalue weighted by Gasteiger charge is 2.50. The predicted molar refractivity (Wildman–Crippen MR) is 92.9 cm³/mol. The highest BCUT2D eigenvalue weighted by atomic mass is 16.5. The maximum atomic E-state index is 12.6. The number of hydrogen-bond acceptors (Lipinski definition) is 3. The van der Waals surface area contributed by atoms with E-state index >= 15 is 0 Å². The Hall–Kier alpha value is -1.32. The third kappa shape index (κ3) is 2.78. The molecule has 0 radical (unpaired) electrons. The van der Waals surface area contributed by atoms with Crippen LogP contribution < -0.4 is 5.32 Å². The van der Waals surface area contributed by atoms with E-state index in [0.717, 1.165) is 30.7 Å². The van der Waals surface area contributed by atoms with Crippen molar-refractivity contribution in [1.82, 2.24) is 10.5 Å². The summed E-state index contributed by atoms with van der Waals surface area (Å²) < 4.78 is 5.35. The highest BCUT2D eigenvalue weighted by molar-refractivity contribution is 5.96. The number of nitrogens with zero attached hydrogens (tertiary/aromatic N) is 1. The summed E-state index contributed by atoms with van der Waals surface area (Å²) in [4.78, 5) is 12.6. The minimum atomic E-state index is -0.0119. The number of aromatic nitrogens is 1. The van der Waals surface area contributed by atoms with E-state index in [-0.39, 0.29) is 11.8 Å². The van der Waals surface area contributed by atoms with Gasteiger partial charge in [-0.05, 0) is 75.0 Å². The molecule has 1 aromatic heterocycles. The van der Waals surface area contributed by atoms with E-state index in [1.165, 1.54) is 38.5 Å². The summed E-state index contributed by atoms with van der Waals surface area (Å²) in [5.74, 6) is 3.79. The molecule has 1 amide bonds. The molecule has 1 heterocycles. The summed E-state index contributed by atoms with van der Waals surface area (Å²) in [5, 5.41) is 7.14. The van der Waals surface area contributed by atoms with Gasteiger partial charge in [-0.25, -0.2) is 0 Å². The lowest BCUT2D eigenvalue weighted by Gasteiger charge is -2.57. The summed E-state index contributed by atoms with van der Waals surface area (Å²) >= 11 is 0. The van der Waals surface area contributed by atoms with Crippen LogP contribution in [-0.4, -0.2) is 17.6 Å². The molecule has 5 rings (SSSR count). The second-order valence-electron chi connectivity index (χ2n) is 9.09. The molecule has 4 aliphatic carbocycles. The first-order chi connectivity index (χ1) is 11.5. The van der Waals surface area contributed by atoms with Crippen LogP contribution in [0.4, 0.5) is 0 Å². The quantitative estimate of drug-likeness (QED) is 0.868. The molecular formula is C20H30N2O2. The van der Waals surface area contributed by atoms with Crippen molar-refractivity contribution < 1.29 is 9.32 Å². The van der Waals surface area contributed by atoms with Gasteiger partial charge in [0.1, 0.15) is 5.56 Å². The molecule has 4 fully saturated rings. The van der Waals surface area contributed by atoms with Crippen molar-refractivity contribution in [3.8, 4) is 0 Å². The van der Waals surface area contributed by atoms with Crippen LogP contribution in [0.3, 0.4) is 0 Å². The zero-order chi connectivity index (χ0) is 16.9. The van der Waals surface area contributed by atoms with Crippen molar-refractivity contribution in [3.05, 3.63) is 17.0 Å². The fourth-order valence-electron chi connectivity index (χ4n) is 6.18. The van der Waals surface area contributed by atoms with Gasteiger partial charge in [0, 0.05) is 12.5 Å². The molecule has 4 saturated carbocycles. The minimum absolute atomic E-state index is 0.0119. The van der Waals surface area contributed by atoms with E-state index in [1.807, 2.05) is 20.8 Å². The van der Waals surface area contributed by atoms with Gasteiger partial charge < -0.3 is 9.84 Å². The van der Waals surface area contributed by atoms with E-state index in [4.69, 9.17) is 4.52 Å². The Bertz CT molecular complexity index is 596. The Morgan fingerprint density at radius 2 is 1.79 bits per heavy atom. The molecule has 1 N–H and O–H groups in total. The number of rotatable bonds is 5. The van der Waals surface area contributed by atoms with Gasteiger partial charge in [0.2, 0.25) is 0 Å². The number of nitrogens with one attached hydrogen (secondary N) is 1. The number of carbonyl (C=O) groups is 1. The Morgan fingerprint density at radius 1 is 1.21 bits per heavy atom. The van der Waals surface area contributed by atoms with Crippen molar-refractivity contribution in [2.45, 2.75) is 71.6 Å². The first-order valence-corrected chi connectivity index (χ1v) is 9.70. The summed E-state index contributed by atoms with van der Waals surface area (Å²) in [7, 11) is 0. The molecule has 0 aromatic carbocycles. The minimum Gasteiger partial charge on any atom is -0.360 e. The SMILES string of the molecule is Cc1noc(C(C)C)c1C(=O)NCCC12CC3CC(CC(C3)C1)C2. The fraction of sp³-hybridized carbons (Fsp3) is 0.800. The van der Waals surface area contributed by atoms with E-state index in [2.05, 4.69) is 10.5 Å². The van der Waals surface area contributed by atoms with Crippen LogP contribution in [0.2, 0.25) is 0 Å². The average Bonchev–Trinajstić information content (AvgIpc) is 2.87. The molecule has 0 spiro atoms. The zero-order valence-electron chi connectivity index (χ0n) is 15.2. The van der Waals surface area contributed by atoms with Gasteiger partial charge in [-0.2, -0.15) is 0 Å². The van der Waals surface area contributed by atoms with Crippen molar-refractivity contribution in [1.29, 1.82) is 0 Å². The van der Waals surface area contributed by atoms with Gasteiger partial charge in [-0.15, -0.1) is 0 Å². The number of amides is 1. The molecule has 0 atom stereocenters. The standard InChI is InChI=1S/C20H30N2O2/c1-12(2)18-17(13(3)22-24-18)19(23)21-5-4-20-9-14-6-15(10-20)8-16(7-14)11-20/h12,14-16H,4-11H2,1-3H3,(H,21,23). The van der Waals surface area contributed by atoms with Gasteiger partial charge in [-0.1, -0.05) is 19.0 Å². The first kappa shape index (κ1) is 16.2. The van der Waals surface area contributed by atoms with Gasteiger partial charge in [-0.3, -0.25) is 4.79 Å². The molecule has 4 heteroatoms. The fourth-order valence-corrected chi connectivity index (χ4v) is 6.18. The monoisotopic (exact) mass is 330 g/mol. The van der Waals surface area contributed by atoms with Crippen molar-refractivity contribution in [2.24, 2.45) is 23.2 Å². The van der Waals surface area contributed by atoms with E-state index in [0.29, 0.717) is 22.4 Å². The summed E-state index contributed by atoms with van der Waals surface area (Å²) in [5.41, 5.74) is 1.87. The largest absolute Gasteiger partial charge is 0.360 e. The molecule has 4 bridgehead atoms. The highest BCUT2D eigenvalue weighted by Crippen LogP contribution is 2.61. The molecule has 0 unspecified atom stereocenters. The molecule has 24 heavy (non-hydrogen) atoms. The number of hydrogen-bond donors (Lipinski definition) is 1. The normalized spacial score (nSPS) is 34.1. The second-order valence-corrected chi connectivity index (χ2v) is 9.09. The molecule has 132 valence electrons. The Morgan fingerprint density at radius 3 is 2.33 bits per heavy atom. The number of aryl methyl sites for hydroxylation is 1. The Kier molecular flexibility index (Phi) is 3.97. The lowest BCUT2D eigenvalue weighted by Crippen LogP contribution is -2.47. The Balaban J connectivity index is 1.38. The van der Waals surface area contributed by atoms with Crippen molar-refractivity contribution in [2.75, 3.05) is 6.54 Å². The second kappa shape index (κ2) is 5.89. The average molecular weight is 330 g/mol. The van der Waals surface area contributed by atoms with Crippen LogP contribution in [-0.2, 0) is 0 Å². The van der Waals surface area contributed by atoms with Crippen LogP contribution in [0.1, 0.15) is 86.5 Å². The van der Waals surface area contributed by atoms with Gasteiger partial charge >= 0.3 is 0 Å². The first-order valence-electron chi connectivity index (χ1n) is 9.70. The van der Waals surface area contributed by atoms with Crippen LogP contribution >= 0.6 is 0 Å². The van der Waals surface area contributed by atoms with E-state index in [1.54, 1.807) is 0 Å². The van der Waals surface area contributed by atoms with Crippen LogP contribution in [0.15, 0.2) is 4.52 Å². The lowest BCUT2D eigenvalue weighted by molar-refractivity contribution is -0.0564. The molecule has 0 saturated heterocycles. The van der Waals surface area contributed by atoms with Crippen molar-refractivity contribution in [3.63, 3.8) is 0 Å². The third-order valence-electron chi connectivity index (χ3n) is 6.75. The lowest BCUT2D eigenvalue weighted by atomic mass is 9.49. The molecule has 4 aliphatic rings. The van der Waals surface area contributed by atoms with Crippen LogP contribution in [0.5, 0.6) is 0 Å². The third-order valence-corrected chi connectivity index (χ3v) is 6.75. The maximum Gasteiger partial charge on any atom is 0.256 e. The summed E-state index contributed by atoms with van der Waals surface area (Å²) in [6.07, 6.45) is 9.77. The number of carbonyl (C=O) groups excluding carboxylic acids is 1. The molecule has 0 aliphatic heterocycles. The topological polar surface area (TPSA) is 55.1 Å². The maximum absolute atomic E-state index is 12.6. The van der Waals surface area contributed by atoms with Gasteiger partial charge in [0.25, 0.3) is 5.91 Å². The predicted octanol–water partition coefficient (Wildman–Crippen LogP) is 4.44. The van der Waals surface area contributed by atoms with Crippen LogP contribution in [0.25, 0.3) is 0 Å². The van der Waals surface area contributed by atoms with Crippen molar-refractivity contribution >= 4 is 5.91 Å². The molecule has 1 aromatic rings. The Labute approximate surface area is 144 Å². The van der Waals surface area contributed by atoms with E-state index < -0.39 is 0 Å². The molecule has 4 nitrogen and oxygen atoms in total. The van der Waals surface area contributed by atoms with Gasteiger partial charge in [0.15, 0.2) is 5.76 Å². The summed E-state index contributed by atoms with van der Waals surface area (Å²) in [6.45, 7) is 6.70. The van der Waals surface area contributed by atoms with E-state index in [9.17, 15) is 4.79 Å². The van der Waals surface area contributed by atoms with Crippen LogP contribution in [0, 0.1) is 30.1 Å².